The van der Waals surface area contributed by atoms with Gasteiger partial charge in [0.1, 0.15) is 18.0 Å². The van der Waals surface area contributed by atoms with Crippen molar-refractivity contribution < 1.29 is 4.74 Å². The van der Waals surface area contributed by atoms with E-state index in [0.717, 1.165) is 50.7 Å². The predicted molar refractivity (Wildman–Crippen MR) is 79.6 cm³/mol. The molecule has 1 fully saturated rings. The number of hydrazine groups is 1. The maximum Gasteiger partial charge on any atom is 0.148 e. The molecule has 1 aliphatic heterocycles. The number of hydrogen-bond acceptors (Lipinski definition) is 7. The van der Waals surface area contributed by atoms with Crippen LogP contribution in [0.15, 0.2) is 6.33 Å². The first-order valence-electron chi connectivity index (χ1n) is 7.11. The number of anilines is 2. The number of ether oxygens (including phenoxy) is 1. The molecule has 7 nitrogen and oxygen atoms in total. The minimum absolute atomic E-state index is 0.305. The van der Waals surface area contributed by atoms with E-state index in [-0.39, 0.29) is 0 Å². The van der Waals surface area contributed by atoms with Gasteiger partial charge < -0.3 is 15.5 Å². The van der Waals surface area contributed by atoms with E-state index in [1.165, 1.54) is 6.33 Å². The van der Waals surface area contributed by atoms with Gasteiger partial charge in [-0.2, -0.15) is 0 Å². The second-order valence-electron chi connectivity index (χ2n) is 5.01. The van der Waals surface area contributed by atoms with Crippen molar-refractivity contribution >= 4 is 11.6 Å². The van der Waals surface area contributed by atoms with Crippen LogP contribution in [0, 0.1) is 0 Å². The molecule has 1 saturated heterocycles. The number of hydrogen-bond donors (Lipinski definition) is 3. The largest absolute Gasteiger partial charge is 0.379 e. The number of nitrogens with two attached hydrogens (primary N) is 1. The van der Waals surface area contributed by atoms with E-state index in [2.05, 4.69) is 39.5 Å². The van der Waals surface area contributed by atoms with E-state index < -0.39 is 0 Å². The van der Waals surface area contributed by atoms with Crippen molar-refractivity contribution in [1.82, 2.24) is 14.9 Å². The average Bonchev–Trinajstić information content (AvgIpc) is 2.47. The molecule has 0 aliphatic carbocycles. The highest BCUT2D eigenvalue weighted by Crippen LogP contribution is 2.20. The fourth-order valence-electron chi connectivity index (χ4n) is 2.45. The molecular formula is C13H24N6O. The maximum atomic E-state index is 5.49. The summed E-state index contributed by atoms with van der Waals surface area (Å²) in [4.78, 5) is 10.9. The van der Waals surface area contributed by atoms with Crippen LogP contribution in [0.3, 0.4) is 0 Å². The van der Waals surface area contributed by atoms with Crippen LogP contribution in [0.25, 0.3) is 0 Å². The molecule has 1 aromatic heterocycles. The summed E-state index contributed by atoms with van der Waals surface area (Å²) in [7, 11) is 0. The van der Waals surface area contributed by atoms with Crippen LogP contribution in [-0.4, -0.2) is 53.8 Å². The number of rotatable bonds is 6. The first kappa shape index (κ1) is 15.0. The number of nitrogen functional groups attached to an aromatic ring is 1. The highest BCUT2D eigenvalue weighted by molar-refractivity contribution is 5.57. The third-order valence-corrected chi connectivity index (χ3v) is 3.45. The summed E-state index contributed by atoms with van der Waals surface area (Å²) >= 11 is 0. The maximum absolute atomic E-state index is 5.49. The molecule has 0 radical (unpaired) electrons. The summed E-state index contributed by atoms with van der Waals surface area (Å²) in [6.07, 6.45) is 2.35. The average molecular weight is 280 g/mol. The standard InChI is InChI=1S/C13H24N6O/c1-3-11-12(15-9-16-13(11)18-14)17-10(2)8-19-4-6-20-7-5-19/h9-10H,3-8,14H2,1-2H3,(H2,15,16,17,18). The summed E-state index contributed by atoms with van der Waals surface area (Å²) in [6.45, 7) is 8.83. The molecule has 20 heavy (non-hydrogen) atoms. The summed E-state index contributed by atoms with van der Waals surface area (Å²) in [5.41, 5.74) is 3.64. The quantitative estimate of drug-likeness (QED) is 0.515. The molecule has 0 spiro atoms. The monoisotopic (exact) mass is 280 g/mol. The fraction of sp³-hybridized carbons (Fsp3) is 0.692. The van der Waals surface area contributed by atoms with Gasteiger partial charge in [0.25, 0.3) is 0 Å². The van der Waals surface area contributed by atoms with Crippen molar-refractivity contribution in [3.05, 3.63) is 11.9 Å². The second-order valence-corrected chi connectivity index (χ2v) is 5.01. The third-order valence-electron chi connectivity index (χ3n) is 3.45. The van der Waals surface area contributed by atoms with E-state index in [1.54, 1.807) is 0 Å². The zero-order valence-electron chi connectivity index (χ0n) is 12.2. The zero-order valence-corrected chi connectivity index (χ0v) is 12.2. The fourth-order valence-corrected chi connectivity index (χ4v) is 2.45. The lowest BCUT2D eigenvalue weighted by Gasteiger charge is -2.29. The Hall–Kier alpha value is -1.44. The van der Waals surface area contributed by atoms with Gasteiger partial charge in [0.15, 0.2) is 0 Å². The van der Waals surface area contributed by atoms with Crippen molar-refractivity contribution in [2.75, 3.05) is 43.6 Å². The first-order valence-corrected chi connectivity index (χ1v) is 7.11. The Labute approximate surface area is 119 Å². The van der Waals surface area contributed by atoms with Crippen molar-refractivity contribution in [3.8, 4) is 0 Å². The van der Waals surface area contributed by atoms with Gasteiger partial charge in [-0.1, -0.05) is 6.92 Å². The number of nitrogens with one attached hydrogen (secondary N) is 2. The SMILES string of the molecule is CCc1c(NN)ncnc1NC(C)CN1CCOCC1. The summed E-state index contributed by atoms with van der Waals surface area (Å²) in [5.74, 6) is 7.03. The van der Waals surface area contributed by atoms with Crippen molar-refractivity contribution in [1.29, 1.82) is 0 Å². The molecule has 1 aromatic rings. The molecule has 1 atom stereocenters. The first-order chi connectivity index (χ1) is 9.74. The highest BCUT2D eigenvalue weighted by atomic mass is 16.5. The second kappa shape index (κ2) is 7.37. The van der Waals surface area contributed by atoms with Crippen LogP contribution < -0.4 is 16.6 Å². The smallest absolute Gasteiger partial charge is 0.148 e. The third kappa shape index (κ3) is 3.78. The lowest BCUT2D eigenvalue weighted by atomic mass is 10.2. The Morgan fingerprint density at radius 3 is 2.70 bits per heavy atom. The van der Waals surface area contributed by atoms with Gasteiger partial charge in [-0.05, 0) is 13.3 Å². The van der Waals surface area contributed by atoms with Gasteiger partial charge in [0, 0.05) is 31.2 Å². The van der Waals surface area contributed by atoms with E-state index in [0.29, 0.717) is 11.9 Å². The molecule has 0 saturated carbocycles. The molecule has 1 aliphatic rings. The normalized spacial score (nSPS) is 17.8. The summed E-state index contributed by atoms with van der Waals surface area (Å²) in [6, 6.07) is 0.305. The van der Waals surface area contributed by atoms with Gasteiger partial charge in [0.05, 0.1) is 13.2 Å². The highest BCUT2D eigenvalue weighted by Gasteiger charge is 2.16. The molecule has 112 valence electrons. The minimum Gasteiger partial charge on any atom is -0.379 e. The Bertz CT molecular complexity index is 421. The van der Waals surface area contributed by atoms with Gasteiger partial charge in [0.2, 0.25) is 0 Å². The van der Waals surface area contributed by atoms with Crippen LogP contribution in [0.4, 0.5) is 11.6 Å². The van der Waals surface area contributed by atoms with Crippen LogP contribution in [0.2, 0.25) is 0 Å². The molecular weight excluding hydrogens is 256 g/mol. The Kier molecular flexibility index (Phi) is 5.51. The number of aromatic nitrogens is 2. The summed E-state index contributed by atoms with van der Waals surface area (Å²) in [5, 5.41) is 3.45. The molecule has 2 rings (SSSR count). The van der Waals surface area contributed by atoms with Crippen LogP contribution in [-0.2, 0) is 11.2 Å². The molecule has 0 amide bonds. The molecule has 1 unspecified atom stereocenters. The Morgan fingerprint density at radius 2 is 2.05 bits per heavy atom. The van der Waals surface area contributed by atoms with Gasteiger partial charge in [-0.15, -0.1) is 0 Å². The van der Waals surface area contributed by atoms with Crippen molar-refractivity contribution in [3.63, 3.8) is 0 Å². The van der Waals surface area contributed by atoms with Crippen molar-refractivity contribution in [2.24, 2.45) is 5.84 Å². The lowest BCUT2D eigenvalue weighted by molar-refractivity contribution is 0.0368. The number of nitrogens with zero attached hydrogens (tertiary/aromatic N) is 3. The zero-order chi connectivity index (χ0) is 14.4. The van der Waals surface area contributed by atoms with E-state index in [4.69, 9.17) is 10.6 Å². The van der Waals surface area contributed by atoms with Crippen LogP contribution >= 0.6 is 0 Å². The van der Waals surface area contributed by atoms with E-state index in [9.17, 15) is 0 Å². The topological polar surface area (TPSA) is 88.3 Å². The van der Waals surface area contributed by atoms with Gasteiger partial charge in [-0.3, -0.25) is 4.90 Å². The molecule has 2 heterocycles. The van der Waals surface area contributed by atoms with Gasteiger partial charge in [-0.25, -0.2) is 15.8 Å². The van der Waals surface area contributed by atoms with Crippen LogP contribution in [0.1, 0.15) is 19.4 Å². The molecule has 7 heteroatoms. The predicted octanol–water partition coefficient (Wildman–Crippen LogP) is 0.457. The van der Waals surface area contributed by atoms with Crippen molar-refractivity contribution in [2.45, 2.75) is 26.3 Å². The number of morpholine rings is 1. The molecule has 0 aromatic carbocycles. The molecule has 4 N–H and O–H groups in total. The van der Waals surface area contributed by atoms with Gasteiger partial charge >= 0.3 is 0 Å². The Morgan fingerprint density at radius 1 is 1.35 bits per heavy atom. The van der Waals surface area contributed by atoms with E-state index >= 15 is 0 Å². The molecule has 0 bridgehead atoms. The van der Waals surface area contributed by atoms with E-state index in [1.807, 2.05) is 0 Å². The summed E-state index contributed by atoms with van der Waals surface area (Å²) < 4.78 is 5.36. The Balaban J connectivity index is 1.97. The van der Waals surface area contributed by atoms with Crippen LogP contribution in [0.5, 0.6) is 0 Å². The minimum atomic E-state index is 0.305. The lowest BCUT2D eigenvalue weighted by Crippen LogP contribution is -2.42.